The van der Waals surface area contributed by atoms with Gasteiger partial charge in [0.15, 0.2) is 0 Å². The number of nitro groups is 1. The zero-order valence-corrected chi connectivity index (χ0v) is 14.2. The van der Waals surface area contributed by atoms with E-state index in [1.54, 1.807) is 24.3 Å². The lowest BCUT2D eigenvalue weighted by atomic mass is 10.2. The van der Waals surface area contributed by atoms with Gasteiger partial charge in [-0.3, -0.25) is 14.8 Å². The Morgan fingerprint density at radius 1 is 1.17 bits per heavy atom. The van der Waals surface area contributed by atoms with E-state index in [4.69, 9.17) is 4.74 Å². The van der Waals surface area contributed by atoms with E-state index in [9.17, 15) is 18.5 Å². The Labute approximate surface area is 140 Å². The zero-order chi connectivity index (χ0) is 17.7. The van der Waals surface area contributed by atoms with Crippen LogP contribution in [0.3, 0.4) is 0 Å². The summed E-state index contributed by atoms with van der Waals surface area (Å²) >= 11 is 0. The van der Waals surface area contributed by atoms with Gasteiger partial charge in [0, 0.05) is 11.6 Å². The van der Waals surface area contributed by atoms with Crippen LogP contribution in [0.4, 0.5) is 11.4 Å². The lowest BCUT2D eigenvalue weighted by Gasteiger charge is -2.14. The molecule has 1 N–H and O–H groups in total. The summed E-state index contributed by atoms with van der Waals surface area (Å²) in [7, 11) is -3.98. The summed E-state index contributed by atoms with van der Waals surface area (Å²) in [5, 5.41) is 11.0. The molecule has 0 amide bonds. The smallest absolute Gasteiger partial charge is 0.273 e. The highest BCUT2D eigenvalue weighted by Gasteiger charge is 2.23. The number of ether oxygens (including phenoxy) is 1. The van der Waals surface area contributed by atoms with E-state index in [2.05, 4.69) is 4.72 Å². The van der Waals surface area contributed by atoms with E-state index in [-0.39, 0.29) is 21.8 Å². The highest BCUT2D eigenvalue weighted by Crippen LogP contribution is 2.30. The van der Waals surface area contributed by atoms with Crippen molar-refractivity contribution in [2.24, 2.45) is 0 Å². The van der Waals surface area contributed by atoms with Crippen molar-refractivity contribution in [3.63, 3.8) is 0 Å². The van der Waals surface area contributed by atoms with Gasteiger partial charge < -0.3 is 4.74 Å². The summed E-state index contributed by atoms with van der Waals surface area (Å²) in [6.07, 6.45) is 0.783. The highest BCUT2D eigenvalue weighted by atomic mass is 32.2. The second kappa shape index (κ2) is 7.31. The molecule has 0 unspecified atom stereocenters. The van der Waals surface area contributed by atoms with Crippen LogP contribution in [-0.4, -0.2) is 19.9 Å². The van der Waals surface area contributed by atoms with Crippen LogP contribution >= 0.6 is 0 Å². The lowest BCUT2D eigenvalue weighted by Crippen LogP contribution is -2.15. The average molecular weight is 350 g/mol. The number of para-hydroxylation sites is 2. The maximum Gasteiger partial charge on any atom is 0.273 e. The molecule has 0 aliphatic rings. The number of hydrogen-bond donors (Lipinski definition) is 1. The molecule has 0 atom stereocenters. The van der Waals surface area contributed by atoms with Gasteiger partial charge in [-0.05, 0) is 31.5 Å². The van der Waals surface area contributed by atoms with Crippen LogP contribution in [-0.2, 0) is 10.0 Å². The van der Waals surface area contributed by atoms with Crippen LogP contribution in [0.5, 0.6) is 5.75 Å². The van der Waals surface area contributed by atoms with Gasteiger partial charge in [0.25, 0.3) is 15.7 Å². The zero-order valence-electron chi connectivity index (χ0n) is 13.4. The quantitative estimate of drug-likeness (QED) is 0.609. The van der Waals surface area contributed by atoms with Crippen LogP contribution in [0.25, 0.3) is 0 Å². The molecule has 0 saturated heterocycles. The Morgan fingerprint density at radius 3 is 2.54 bits per heavy atom. The summed E-state index contributed by atoms with van der Waals surface area (Å²) in [4.78, 5) is 10.3. The lowest BCUT2D eigenvalue weighted by molar-refractivity contribution is -0.385. The summed E-state index contributed by atoms with van der Waals surface area (Å²) in [6.45, 7) is 3.81. The minimum Gasteiger partial charge on any atom is -0.491 e. The van der Waals surface area contributed by atoms with E-state index in [0.717, 1.165) is 6.42 Å². The minimum absolute atomic E-state index is 0.0851. The van der Waals surface area contributed by atoms with Crippen molar-refractivity contribution in [1.82, 2.24) is 0 Å². The third-order valence-corrected chi connectivity index (χ3v) is 4.84. The van der Waals surface area contributed by atoms with E-state index in [0.29, 0.717) is 12.4 Å². The van der Waals surface area contributed by atoms with Gasteiger partial charge in [-0.15, -0.1) is 0 Å². The van der Waals surface area contributed by atoms with Crippen LogP contribution in [0.1, 0.15) is 18.9 Å². The first-order valence-corrected chi connectivity index (χ1v) is 8.83. The number of nitro benzene ring substituents is 1. The molecule has 2 aromatic rings. The van der Waals surface area contributed by atoms with Crippen molar-refractivity contribution in [3.05, 3.63) is 58.1 Å². The van der Waals surface area contributed by atoms with E-state index < -0.39 is 14.9 Å². The van der Waals surface area contributed by atoms with E-state index >= 15 is 0 Å². The van der Waals surface area contributed by atoms with Crippen LogP contribution in [0, 0.1) is 17.0 Å². The molecule has 0 fully saturated rings. The number of nitrogens with one attached hydrogen (secondary N) is 1. The molecule has 0 aliphatic carbocycles. The van der Waals surface area contributed by atoms with Gasteiger partial charge >= 0.3 is 0 Å². The normalized spacial score (nSPS) is 11.1. The molecule has 0 aromatic heterocycles. The van der Waals surface area contributed by atoms with Gasteiger partial charge in [-0.1, -0.05) is 25.1 Å². The van der Waals surface area contributed by atoms with Crippen LogP contribution in [0.15, 0.2) is 47.4 Å². The minimum atomic E-state index is -3.98. The second-order valence-electron chi connectivity index (χ2n) is 5.11. The van der Waals surface area contributed by atoms with E-state index in [1.807, 2.05) is 6.92 Å². The van der Waals surface area contributed by atoms with Crippen molar-refractivity contribution >= 4 is 21.4 Å². The number of rotatable bonds is 7. The number of benzene rings is 2. The fraction of sp³-hybridized carbons (Fsp3) is 0.250. The maximum absolute atomic E-state index is 12.6. The Morgan fingerprint density at radius 2 is 1.88 bits per heavy atom. The first-order chi connectivity index (χ1) is 11.4. The summed E-state index contributed by atoms with van der Waals surface area (Å²) in [6, 6.07) is 10.6. The number of nitrogens with zero attached hydrogens (tertiary/aromatic N) is 1. The summed E-state index contributed by atoms with van der Waals surface area (Å²) in [5.74, 6) is 0.408. The van der Waals surface area contributed by atoms with E-state index in [1.165, 1.54) is 25.1 Å². The Hall–Kier alpha value is -2.61. The summed E-state index contributed by atoms with van der Waals surface area (Å²) in [5.41, 5.74) is 0.132. The fourth-order valence-electron chi connectivity index (χ4n) is 2.18. The standard InChI is InChI=1S/C16H18N2O5S/c1-3-11-23-15-9-5-4-7-13(15)17-24(21,22)16-10-6-8-14(12(16)2)18(19)20/h4-10,17H,3,11H2,1-2H3. The molecule has 8 heteroatoms. The largest absolute Gasteiger partial charge is 0.491 e. The van der Waals surface area contributed by atoms with Crippen molar-refractivity contribution in [2.45, 2.75) is 25.2 Å². The van der Waals surface area contributed by atoms with Gasteiger partial charge in [0.05, 0.1) is 22.1 Å². The highest BCUT2D eigenvalue weighted by molar-refractivity contribution is 7.92. The molecule has 24 heavy (non-hydrogen) atoms. The molecule has 7 nitrogen and oxygen atoms in total. The van der Waals surface area contributed by atoms with Crippen molar-refractivity contribution in [1.29, 1.82) is 0 Å². The molecule has 0 aliphatic heterocycles. The van der Waals surface area contributed by atoms with Crippen LogP contribution in [0.2, 0.25) is 0 Å². The topological polar surface area (TPSA) is 98.5 Å². The fourth-order valence-corrected chi connectivity index (χ4v) is 3.51. The predicted molar refractivity (Wildman–Crippen MR) is 90.9 cm³/mol. The molecule has 0 bridgehead atoms. The third kappa shape index (κ3) is 3.83. The Balaban J connectivity index is 2.40. The van der Waals surface area contributed by atoms with Crippen molar-refractivity contribution in [3.8, 4) is 5.75 Å². The molecule has 0 saturated carbocycles. The maximum atomic E-state index is 12.6. The molecule has 2 rings (SSSR count). The summed E-state index contributed by atoms with van der Waals surface area (Å²) < 4.78 is 33.2. The molecule has 0 heterocycles. The van der Waals surface area contributed by atoms with Gasteiger partial charge in [-0.25, -0.2) is 8.42 Å². The first-order valence-electron chi connectivity index (χ1n) is 7.35. The number of sulfonamides is 1. The predicted octanol–water partition coefficient (Wildman–Crippen LogP) is 3.49. The Bertz CT molecular complexity index is 849. The van der Waals surface area contributed by atoms with Gasteiger partial charge in [0.2, 0.25) is 0 Å². The van der Waals surface area contributed by atoms with Gasteiger partial charge in [-0.2, -0.15) is 0 Å². The SMILES string of the molecule is CCCOc1ccccc1NS(=O)(=O)c1cccc([N+](=O)[O-])c1C. The van der Waals surface area contributed by atoms with Crippen LogP contribution < -0.4 is 9.46 Å². The van der Waals surface area contributed by atoms with Crippen molar-refractivity contribution in [2.75, 3.05) is 11.3 Å². The average Bonchev–Trinajstić information content (AvgIpc) is 2.53. The van der Waals surface area contributed by atoms with Crippen molar-refractivity contribution < 1.29 is 18.1 Å². The number of hydrogen-bond acceptors (Lipinski definition) is 5. The molecule has 128 valence electrons. The monoisotopic (exact) mass is 350 g/mol. The molecule has 2 aromatic carbocycles. The molecular weight excluding hydrogens is 332 g/mol. The first kappa shape index (κ1) is 17.7. The Kier molecular flexibility index (Phi) is 5.40. The molecule has 0 radical (unpaired) electrons. The third-order valence-electron chi connectivity index (χ3n) is 3.33. The molecular formula is C16H18N2O5S. The second-order valence-corrected chi connectivity index (χ2v) is 6.76. The van der Waals surface area contributed by atoms with Gasteiger partial charge in [0.1, 0.15) is 5.75 Å². The number of anilines is 1. The molecule has 0 spiro atoms.